The molecule has 0 saturated heterocycles. The van der Waals surface area contributed by atoms with Gasteiger partial charge in [-0.05, 0) is 79.0 Å². The van der Waals surface area contributed by atoms with Gasteiger partial charge in [0.05, 0.1) is 28.2 Å². The van der Waals surface area contributed by atoms with Crippen LogP contribution in [0, 0.1) is 46.3 Å². The molecule has 0 radical (unpaired) electrons. The molecule has 2 aromatic rings. The standard InChI is InChI=1S/C28H32N4O3S/c1-19(2)27-13-24(14-28(33)31-17-23-6-4-21(15-29)5-7-23)20(3)12-25(27)18-32-36(34,35)26-10-8-22(16-30)9-11-26/h4-12,19,24-25,27,32H,13-14,17-18H2,1-3H3,(H,31,33)/t24-,25-,27-/m0/s1. The number of amides is 1. The van der Waals surface area contributed by atoms with Gasteiger partial charge in [0.2, 0.25) is 15.9 Å². The van der Waals surface area contributed by atoms with Crippen LogP contribution in [0.3, 0.4) is 0 Å². The number of nitrogens with zero attached hydrogens (tertiary/aromatic N) is 2. The molecule has 0 aromatic heterocycles. The lowest BCUT2D eigenvalue weighted by Crippen LogP contribution is -2.37. The molecule has 0 unspecified atom stereocenters. The molecule has 8 heteroatoms. The Morgan fingerprint density at radius 1 is 1.03 bits per heavy atom. The van der Waals surface area contributed by atoms with Crippen molar-refractivity contribution in [3.8, 4) is 12.1 Å². The van der Waals surface area contributed by atoms with E-state index >= 15 is 0 Å². The van der Waals surface area contributed by atoms with E-state index in [1.54, 1.807) is 12.1 Å². The number of hydrogen-bond donors (Lipinski definition) is 2. The van der Waals surface area contributed by atoms with Gasteiger partial charge in [-0.1, -0.05) is 37.6 Å². The van der Waals surface area contributed by atoms with Crippen LogP contribution >= 0.6 is 0 Å². The molecule has 3 rings (SSSR count). The lowest BCUT2D eigenvalue weighted by Gasteiger charge is -2.37. The van der Waals surface area contributed by atoms with Gasteiger partial charge < -0.3 is 5.32 Å². The minimum absolute atomic E-state index is 0.0242. The van der Waals surface area contributed by atoms with Crippen molar-refractivity contribution in [3.05, 3.63) is 76.9 Å². The maximum Gasteiger partial charge on any atom is 0.240 e. The maximum atomic E-state index is 12.8. The molecule has 0 saturated carbocycles. The van der Waals surface area contributed by atoms with E-state index in [1.807, 2.05) is 25.1 Å². The van der Waals surface area contributed by atoms with Gasteiger partial charge in [0.25, 0.3) is 0 Å². The van der Waals surface area contributed by atoms with Crippen molar-refractivity contribution >= 4 is 15.9 Å². The van der Waals surface area contributed by atoms with Crippen molar-refractivity contribution in [2.24, 2.45) is 23.7 Å². The summed E-state index contributed by atoms with van der Waals surface area (Å²) < 4.78 is 28.3. The second-order valence-electron chi connectivity index (χ2n) is 9.69. The number of carbonyl (C=O) groups is 1. The van der Waals surface area contributed by atoms with Crippen LogP contribution in [0.15, 0.2) is 65.1 Å². The summed E-state index contributed by atoms with van der Waals surface area (Å²) in [5.74, 6) is 0.650. The lowest BCUT2D eigenvalue weighted by molar-refractivity contribution is -0.122. The van der Waals surface area contributed by atoms with E-state index in [9.17, 15) is 13.2 Å². The summed E-state index contributed by atoms with van der Waals surface area (Å²) in [6, 6.07) is 17.1. The third kappa shape index (κ3) is 7.04. The Bertz CT molecular complexity index is 1280. The van der Waals surface area contributed by atoms with Crippen LogP contribution in [0.4, 0.5) is 0 Å². The van der Waals surface area contributed by atoms with Crippen LogP contribution in [0.25, 0.3) is 0 Å². The topological polar surface area (TPSA) is 123 Å². The number of hydrogen-bond acceptors (Lipinski definition) is 5. The number of carbonyl (C=O) groups excluding carboxylic acids is 1. The average molecular weight is 505 g/mol. The molecule has 2 aromatic carbocycles. The monoisotopic (exact) mass is 504 g/mol. The van der Waals surface area contributed by atoms with E-state index in [-0.39, 0.29) is 35.1 Å². The zero-order valence-electron chi connectivity index (χ0n) is 20.9. The summed E-state index contributed by atoms with van der Waals surface area (Å²) >= 11 is 0. The van der Waals surface area contributed by atoms with Crippen LogP contribution in [0.2, 0.25) is 0 Å². The molecule has 0 spiro atoms. The van der Waals surface area contributed by atoms with Crippen LogP contribution in [-0.2, 0) is 21.4 Å². The van der Waals surface area contributed by atoms with Gasteiger partial charge in [-0.3, -0.25) is 4.79 Å². The van der Waals surface area contributed by atoms with Gasteiger partial charge in [0.15, 0.2) is 0 Å². The largest absolute Gasteiger partial charge is 0.352 e. The Hall–Kier alpha value is -3.46. The van der Waals surface area contributed by atoms with Crippen LogP contribution < -0.4 is 10.0 Å². The second-order valence-corrected chi connectivity index (χ2v) is 11.5. The maximum absolute atomic E-state index is 12.8. The van der Waals surface area contributed by atoms with Crippen molar-refractivity contribution in [1.29, 1.82) is 10.5 Å². The highest BCUT2D eigenvalue weighted by Crippen LogP contribution is 2.38. The quantitative estimate of drug-likeness (QED) is 0.494. The van der Waals surface area contributed by atoms with E-state index < -0.39 is 10.0 Å². The predicted molar refractivity (Wildman–Crippen MR) is 138 cm³/mol. The molecule has 188 valence electrons. The van der Waals surface area contributed by atoms with E-state index in [4.69, 9.17) is 10.5 Å². The Balaban J connectivity index is 1.61. The SMILES string of the molecule is CC1=C[C@@H](CNS(=O)(=O)c2ccc(C#N)cc2)[C@H](C(C)C)C[C@H]1CC(=O)NCc1ccc(C#N)cc1. The van der Waals surface area contributed by atoms with E-state index in [1.165, 1.54) is 24.3 Å². The van der Waals surface area contributed by atoms with E-state index in [0.717, 1.165) is 17.6 Å². The van der Waals surface area contributed by atoms with Crippen LogP contribution in [-0.4, -0.2) is 20.9 Å². The molecule has 0 aliphatic heterocycles. The first-order valence-corrected chi connectivity index (χ1v) is 13.5. The Kier molecular flexibility index (Phi) is 9.03. The number of sulfonamides is 1. The third-order valence-corrected chi connectivity index (χ3v) is 8.33. The van der Waals surface area contributed by atoms with Gasteiger partial charge in [-0.15, -0.1) is 0 Å². The molecule has 36 heavy (non-hydrogen) atoms. The van der Waals surface area contributed by atoms with Crippen LogP contribution in [0.5, 0.6) is 0 Å². The first-order valence-electron chi connectivity index (χ1n) is 12.1. The number of benzene rings is 2. The molecule has 3 atom stereocenters. The first kappa shape index (κ1) is 27.1. The number of nitriles is 2. The fourth-order valence-electron chi connectivity index (χ4n) is 4.70. The van der Waals surface area contributed by atoms with Crippen molar-refractivity contribution in [3.63, 3.8) is 0 Å². The molecule has 1 amide bonds. The first-order chi connectivity index (χ1) is 17.1. The summed E-state index contributed by atoms with van der Waals surface area (Å²) in [6.07, 6.45) is 3.31. The van der Waals surface area contributed by atoms with Gasteiger partial charge in [0.1, 0.15) is 0 Å². The molecule has 0 bridgehead atoms. The fraction of sp³-hybridized carbons (Fsp3) is 0.393. The van der Waals surface area contributed by atoms with Crippen molar-refractivity contribution < 1.29 is 13.2 Å². The summed E-state index contributed by atoms with van der Waals surface area (Å²) in [5.41, 5.74) is 3.03. The lowest BCUT2D eigenvalue weighted by atomic mass is 9.70. The van der Waals surface area contributed by atoms with Crippen molar-refractivity contribution in [2.75, 3.05) is 6.54 Å². The zero-order valence-corrected chi connectivity index (χ0v) is 21.7. The number of rotatable bonds is 9. The predicted octanol–water partition coefficient (Wildman–Crippen LogP) is 4.27. The summed E-state index contributed by atoms with van der Waals surface area (Å²) in [5, 5.41) is 20.8. The van der Waals surface area contributed by atoms with E-state index in [2.05, 4.69) is 36.0 Å². The minimum Gasteiger partial charge on any atom is -0.352 e. The van der Waals surface area contributed by atoms with Crippen molar-refractivity contribution in [1.82, 2.24) is 10.0 Å². The number of nitrogens with one attached hydrogen (secondary N) is 2. The highest BCUT2D eigenvalue weighted by atomic mass is 32.2. The van der Waals surface area contributed by atoms with Gasteiger partial charge in [-0.25, -0.2) is 13.1 Å². The third-order valence-electron chi connectivity index (χ3n) is 6.89. The minimum atomic E-state index is -3.69. The highest BCUT2D eigenvalue weighted by Gasteiger charge is 2.33. The van der Waals surface area contributed by atoms with Gasteiger partial charge >= 0.3 is 0 Å². The molecule has 0 heterocycles. The molecule has 0 fully saturated rings. The van der Waals surface area contributed by atoms with E-state index in [0.29, 0.717) is 30.0 Å². The fourth-order valence-corrected chi connectivity index (χ4v) is 5.77. The smallest absolute Gasteiger partial charge is 0.240 e. The number of allylic oxidation sites excluding steroid dienone is 1. The van der Waals surface area contributed by atoms with Crippen molar-refractivity contribution in [2.45, 2.75) is 45.1 Å². The molecule has 7 nitrogen and oxygen atoms in total. The molecule has 1 aliphatic carbocycles. The Labute approximate surface area is 213 Å². The Morgan fingerprint density at radius 3 is 2.17 bits per heavy atom. The van der Waals surface area contributed by atoms with Crippen LogP contribution in [0.1, 0.15) is 50.3 Å². The second kappa shape index (κ2) is 12.0. The average Bonchev–Trinajstić information content (AvgIpc) is 2.87. The summed E-state index contributed by atoms with van der Waals surface area (Å²) in [7, 11) is -3.69. The summed E-state index contributed by atoms with van der Waals surface area (Å²) in [4.78, 5) is 12.8. The molecular formula is C28H32N4O3S. The zero-order chi connectivity index (χ0) is 26.3. The molecule has 2 N–H and O–H groups in total. The highest BCUT2D eigenvalue weighted by molar-refractivity contribution is 7.89. The Morgan fingerprint density at radius 2 is 1.61 bits per heavy atom. The van der Waals surface area contributed by atoms with Gasteiger partial charge in [-0.2, -0.15) is 10.5 Å². The normalized spacial score (nSPS) is 19.7. The molecular weight excluding hydrogens is 472 g/mol. The molecule has 1 aliphatic rings. The summed E-state index contributed by atoms with van der Waals surface area (Å²) in [6.45, 7) is 6.96. The van der Waals surface area contributed by atoms with Gasteiger partial charge in [0, 0.05) is 19.5 Å².